The number of nitrogens with one attached hydrogen (secondary N) is 1. The second kappa shape index (κ2) is 6.77. The summed E-state index contributed by atoms with van der Waals surface area (Å²) in [5, 5.41) is 15.7. The van der Waals surface area contributed by atoms with E-state index in [-0.39, 0.29) is 29.7 Å². The van der Waals surface area contributed by atoms with Crippen LogP contribution in [0.25, 0.3) is 11.3 Å². The van der Waals surface area contributed by atoms with Gasteiger partial charge in [0, 0.05) is 37.7 Å². The fraction of sp³-hybridized carbons (Fsp3) is 0.333. The Hall–Kier alpha value is -3.14. The molecule has 0 aliphatic heterocycles. The van der Waals surface area contributed by atoms with Crippen molar-refractivity contribution in [2.24, 2.45) is 0 Å². The van der Waals surface area contributed by atoms with Gasteiger partial charge < -0.3 is 14.7 Å². The molecule has 0 saturated heterocycles. The summed E-state index contributed by atoms with van der Waals surface area (Å²) in [5.41, 5.74) is 1.75. The first-order valence-corrected chi connectivity index (χ1v) is 7.99. The summed E-state index contributed by atoms with van der Waals surface area (Å²) in [6, 6.07) is 10.8. The minimum atomic E-state index is -0.249. The molecule has 0 unspecified atom stereocenters. The Morgan fingerprint density at radius 3 is 2.80 bits per heavy atom. The highest BCUT2D eigenvalue weighted by Gasteiger charge is 2.35. The second-order valence-corrected chi connectivity index (χ2v) is 6.21. The topological polar surface area (TPSA) is 99.2 Å². The van der Waals surface area contributed by atoms with Gasteiger partial charge in [0.2, 0.25) is 11.7 Å². The van der Waals surface area contributed by atoms with E-state index in [1.165, 1.54) is 6.92 Å². The molecule has 0 radical (unpaired) electrons. The molecular weight excluding hydrogens is 320 g/mol. The van der Waals surface area contributed by atoms with Crippen molar-refractivity contribution in [1.82, 2.24) is 15.4 Å². The summed E-state index contributed by atoms with van der Waals surface area (Å²) in [7, 11) is 1.72. The monoisotopic (exact) mass is 338 g/mol. The molecular formula is C18H18N4O3. The summed E-state index contributed by atoms with van der Waals surface area (Å²) >= 11 is 0. The minimum absolute atomic E-state index is 0.0584. The van der Waals surface area contributed by atoms with Crippen molar-refractivity contribution >= 4 is 11.8 Å². The molecule has 0 spiro atoms. The van der Waals surface area contributed by atoms with Gasteiger partial charge in [-0.05, 0) is 25.0 Å². The molecule has 1 N–H and O–H groups in total. The lowest BCUT2D eigenvalue weighted by atomic mass is 9.85. The maximum Gasteiger partial charge on any atom is 0.292 e. The Balaban J connectivity index is 1.67. The van der Waals surface area contributed by atoms with Crippen LogP contribution < -0.4 is 5.32 Å². The lowest BCUT2D eigenvalue weighted by Crippen LogP contribution is -2.53. The molecule has 7 nitrogen and oxygen atoms in total. The fourth-order valence-corrected chi connectivity index (χ4v) is 2.91. The van der Waals surface area contributed by atoms with E-state index >= 15 is 0 Å². The number of hydrogen-bond acceptors (Lipinski definition) is 5. The highest BCUT2D eigenvalue weighted by atomic mass is 16.5. The third-order valence-electron chi connectivity index (χ3n) is 4.40. The third kappa shape index (κ3) is 3.53. The predicted octanol–water partition coefficient (Wildman–Crippen LogP) is 1.95. The molecule has 2 aromatic rings. The highest BCUT2D eigenvalue weighted by Crippen LogP contribution is 2.27. The van der Waals surface area contributed by atoms with Crippen molar-refractivity contribution in [3.05, 3.63) is 41.7 Å². The first-order valence-electron chi connectivity index (χ1n) is 7.99. The molecule has 0 atom stereocenters. The summed E-state index contributed by atoms with van der Waals surface area (Å²) in [6.07, 6.45) is 1.46. The zero-order valence-electron chi connectivity index (χ0n) is 14.0. The van der Waals surface area contributed by atoms with Crippen LogP contribution in [0.2, 0.25) is 0 Å². The molecule has 25 heavy (non-hydrogen) atoms. The van der Waals surface area contributed by atoms with E-state index in [2.05, 4.69) is 16.5 Å². The lowest BCUT2D eigenvalue weighted by molar-refractivity contribution is -0.120. The van der Waals surface area contributed by atoms with Crippen LogP contribution in [0, 0.1) is 11.3 Å². The van der Waals surface area contributed by atoms with E-state index in [1.54, 1.807) is 42.3 Å². The number of nitriles is 1. The number of benzene rings is 1. The SMILES string of the molecule is CC(=O)NC1CC(N(C)C(=O)c2cc(-c3cccc(C#N)c3)no2)C1. The molecule has 3 rings (SSSR count). The Labute approximate surface area is 145 Å². The number of carbonyl (C=O) groups is 2. The van der Waals surface area contributed by atoms with Gasteiger partial charge in [-0.25, -0.2) is 0 Å². The maximum atomic E-state index is 12.5. The van der Waals surface area contributed by atoms with Crippen molar-refractivity contribution in [1.29, 1.82) is 5.26 Å². The van der Waals surface area contributed by atoms with E-state index in [0.717, 1.165) is 18.4 Å². The van der Waals surface area contributed by atoms with E-state index in [1.807, 2.05) is 0 Å². The average Bonchev–Trinajstić information content (AvgIpc) is 3.06. The molecule has 1 aromatic carbocycles. The lowest BCUT2D eigenvalue weighted by Gasteiger charge is -2.40. The van der Waals surface area contributed by atoms with Crippen molar-refractivity contribution < 1.29 is 14.1 Å². The normalized spacial score (nSPS) is 18.8. The van der Waals surface area contributed by atoms with Crippen molar-refractivity contribution in [2.75, 3.05) is 7.05 Å². The van der Waals surface area contributed by atoms with Crippen LogP contribution in [0.3, 0.4) is 0 Å². The number of amides is 2. The molecule has 7 heteroatoms. The molecule has 1 heterocycles. The van der Waals surface area contributed by atoms with Crippen LogP contribution in [0.5, 0.6) is 0 Å². The van der Waals surface area contributed by atoms with Crippen LogP contribution in [-0.4, -0.2) is 41.0 Å². The number of rotatable bonds is 4. The van der Waals surface area contributed by atoms with Crippen LogP contribution in [0.1, 0.15) is 35.9 Å². The van der Waals surface area contributed by atoms with Gasteiger partial charge in [-0.2, -0.15) is 5.26 Å². The first-order chi connectivity index (χ1) is 12.0. The standard InChI is InChI=1S/C18H18N4O3/c1-11(23)20-14-7-15(8-14)22(2)18(24)17-9-16(21-25-17)13-5-3-4-12(6-13)10-19/h3-6,9,14-15H,7-8H2,1-2H3,(H,20,23). The second-order valence-electron chi connectivity index (χ2n) is 6.21. The summed E-state index contributed by atoms with van der Waals surface area (Å²) in [6.45, 7) is 1.49. The Morgan fingerprint density at radius 1 is 1.36 bits per heavy atom. The fourth-order valence-electron chi connectivity index (χ4n) is 2.91. The third-order valence-corrected chi connectivity index (χ3v) is 4.40. The van der Waals surface area contributed by atoms with Gasteiger partial charge in [0.15, 0.2) is 0 Å². The Morgan fingerprint density at radius 2 is 2.12 bits per heavy atom. The van der Waals surface area contributed by atoms with E-state index in [0.29, 0.717) is 11.3 Å². The van der Waals surface area contributed by atoms with Gasteiger partial charge >= 0.3 is 0 Å². The quantitative estimate of drug-likeness (QED) is 0.918. The van der Waals surface area contributed by atoms with Crippen LogP contribution >= 0.6 is 0 Å². The molecule has 0 bridgehead atoms. The molecule has 1 aliphatic rings. The van der Waals surface area contributed by atoms with E-state index in [4.69, 9.17) is 9.78 Å². The smallest absolute Gasteiger partial charge is 0.292 e. The maximum absolute atomic E-state index is 12.5. The van der Waals surface area contributed by atoms with Gasteiger partial charge in [0.1, 0.15) is 5.69 Å². The zero-order chi connectivity index (χ0) is 18.0. The van der Waals surface area contributed by atoms with Crippen LogP contribution in [0.15, 0.2) is 34.9 Å². The molecule has 128 valence electrons. The molecule has 1 saturated carbocycles. The van der Waals surface area contributed by atoms with Gasteiger partial charge in [0.25, 0.3) is 5.91 Å². The number of hydrogen-bond donors (Lipinski definition) is 1. The summed E-state index contributed by atoms with van der Waals surface area (Å²) in [5.74, 6) is -0.152. The van der Waals surface area contributed by atoms with Crippen molar-refractivity contribution in [2.45, 2.75) is 31.8 Å². The summed E-state index contributed by atoms with van der Waals surface area (Å²) < 4.78 is 5.19. The van der Waals surface area contributed by atoms with Crippen LogP contribution in [0.4, 0.5) is 0 Å². The number of carbonyl (C=O) groups excluding carboxylic acids is 2. The van der Waals surface area contributed by atoms with Gasteiger partial charge in [0.05, 0.1) is 11.6 Å². The van der Waals surface area contributed by atoms with Crippen LogP contribution in [-0.2, 0) is 4.79 Å². The van der Waals surface area contributed by atoms with Crippen molar-refractivity contribution in [3.63, 3.8) is 0 Å². The minimum Gasteiger partial charge on any atom is -0.353 e. The largest absolute Gasteiger partial charge is 0.353 e. The Bertz CT molecular complexity index is 846. The van der Waals surface area contributed by atoms with Gasteiger partial charge in [-0.3, -0.25) is 9.59 Å². The summed E-state index contributed by atoms with van der Waals surface area (Å²) in [4.78, 5) is 25.2. The van der Waals surface area contributed by atoms with Gasteiger partial charge in [-0.1, -0.05) is 17.3 Å². The zero-order valence-corrected chi connectivity index (χ0v) is 14.0. The van der Waals surface area contributed by atoms with Gasteiger partial charge in [-0.15, -0.1) is 0 Å². The molecule has 2 amide bonds. The van der Waals surface area contributed by atoms with E-state index in [9.17, 15) is 9.59 Å². The Kier molecular flexibility index (Phi) is 4.52. The van der Waals surface area contributed by atoms with E-state index < -0.39 is 0 Å². The highest BCUT2D eigenvalue weighted by molar-refractivity contribution is 5.92. The van der Waals surface area contributed by atoms with Crippen molar-refractivity contribution in [3.8, 4) is 17.3 Å². The predicted molar refractivity (Wildman–Crippen MR) is 89.4 cm³/mol. The molecule has 1 fully saturated rings. The molecule has 1 aliphatic carbocycles. The first kappa shape index (κ1) is 16.7. The number of aromatic nitrogens is 1. The molecule has 1 aromatic heterocycles. The number of nitrogens with zero attached hydrogens (tertiary/aromatic N) is 3. The average molecular weight is 338 g/mol.